The lowest BCUT2D eigenvalue weighted by Gasteiger charge is -2.68. The number of carbonyl (C=O) groups is 1. The van der Waals surface area contributed by atoms with Gasteiger partial charge in [0.15, 0.2) is 0 Å². The van der Waals surface area contributed by atoms with E-state index in [0.717, 1.165) is 48.0 Å². The first-order valence-electron chi connectivity index (χ1n) is 15.0. The van der Waals surface area contributed by atoms with Crippen LogP contribution < -0.4 is 5.73 Å². The van der Waals surface area contributed by atoms with Crippen LogP contribution in [0.4, 0.5) is 0 Å². The molecule has 4 saturated carbocycles. The average Bonchev–Trinajstić information content (AvgIpc) is 3.25. The van der Waals surface area contributed by atoms with Crippen molar-refractivity contribution >= 4 is 5.97 Å². The van der Waals surface area contributed by atoms with E-state index in [-0.39, 0.29) is 16.9 Å². The van der Waals surface area contributed by atoms with Gasteiger partial charge in [-0.3, -0.25) is 0 Å². The van der Waals surface area contributed by atoms with Gasteiger partial charge in [-0.15, -0.1) is 0 Å². The summed E-state index contributed by atoms with van der Waals surface area (Å²) < 4.78 is 4.96. The molecule has 6 aliphatic rings. The molecule has 8 atom stereocenters. The summed E-state index contributed by atoms with van der Waals surface area (Å²) in [5.41, 5.74) is 12.0. The van der Waals surface area contributed by atoms with Crippen molar-refractivity contribution in [3.63, 3.8) is 0 Å². The van der Waals surface area contributed by atoms with Gasteiger partial charge < -0.3 is 10.5 Å². The molecule has 2 N–H and O–H groups in total. The molecule has 3 nitrogen and oxygen atoms in total. The topological polar surface area (TPSA) is 52.3 Å². The molecule has 0 aromatic rings. The van der Waals surface area contributed by atoms with E-state index in [1.165, 1.54) is 76.9 Å². The fraction of sp³-hybridized carbons (Fsp3) is 0.788. The van der Waals surface area contributed by atoms with Crippen molar-refractivity contribution in [3.8, 4) is 0 Å². The molecular weight excluding hydrogens is 442 g/mol. The lowest BCUT2D eigenvalue weighted by Crippen LogP contribution is -2.63. The SMILES string of the molecule is COC(=O)C1=CC=C(C2=CCC3(C)C(CCC4(C)C5CCC6(N)CCC[C@@H]6C5CCC43)C2(C)C)CC1. The third kappa shape index (κ3) is 3.36. The van der Waals surface area contributed by atoms with Crippen LogP contribution in [0.3, 0.4) is 0 Å². The maximum absolute atomic E-state index is 12.0. The zero-order chi connectivity index (χ0) is 25.5. The number of ether oxygens (including phenoxy) is 1. The molecule has 0 aromatic heterocycles. The summed E-state index contributed by atoms with van der Waals surface area (Å²) in [6.07, 6.45) is 22.0. The van der Waals surface area contributed by atoms with Crippen LogP contribution in [-0.4, -0.2) is 18.6 Å². The summed E-state index contributed by atoms with van der Waals surface area (Å²) in [6.45, 7) is 10.4. The van der Waals surface area contributed by atoms with Crippen LogP contribution >= 0.6 is 0 Å². The Labute approximate surface area is 219 Å². The zero-order valence-corrected chi connectivity index (χ0v) is 23.5. The second-order valence-electron chi connectivity index (χ2n) is 14.7. The fourth-order valence-corrected chi connectivity index (χ4v) is 11.6. The van der Waals surface area contributed by atoms with E-state index in [4.69, 9.17) is 10.5 Å². The van der Waals surface area contributed by atoms with Gasteiger partial charge in [0.25, 0.3) is 0 Å². The normalized spacial score (nSPS) is 47.3. The number of hydrogen-bond donors (Lipinski definition) is 1. The molecular formula is C33H49NO2. The highest BCUT2D eigenvalue weighted by Crippen LogP contribution is 2.72. The second-order valence-corrected chi connectivity index (χ2v) is 14.7. The van der Waals surface area contributed by atoms with E-state index in [0.29, 0.717) is 10.8 Å². The molecule has 7 unspecified atom stereocenters. The van der Waals surface area contributed by atoms with Gasteiger partial charge in [-0.2, -0.15) is 0 Å². The largest absolute Gasteiger partial charge is 0.466 e. The number of esters is 1. The van der Waals surface area contributed by atoms with E-state index in [1.807, 2.05) is 6.08 Å². The van der Waals surface area contributed by atoms with Crippen molar-refractivity contribution < 1.29 is 9.53 Å². The summed E-state index contributed by atoms with van der Waals surface area (Å²) in [4.78, 5) is 12.0. The fourth-order valence-electron chi connectivity index (χ4n) is 11.6. The highest BCUT2D eigenvalue weighted by Gasteiger charge is 2.65. The number of fused-ring (bicyclic) bond motifs is 7. The van der Waals surface area contributed by atoms with Gasteiger partial charge in [-0.05, 0) is 128 Å². The third-order valence-corrected chi connectivity index (χ3v) is 13.1. The van der Waals surface area contributed by atoms with Gasteiger partial charge in [0, 0.05) is 11.1 Å². The molecule has 4 fully saturated rings. The number of carbonyl (C=O) groups excluding carboxylic acids is 1. The van der Waals surface area contributed by atoms with Crippen LogP contribution in [-0.2, 0) is 9.53 Å². The van der Waals surface area contributed by atoms with Crippen LogP contribution in [0, 0.1) is 45.8 Å². The Morgan fingerprint density at radius 1 is 0.889 bits per heavy atom. The Morgan fingerprint density at radius 3 is 2.42 bits per heavy atom. The number of nitrogens with two attached hydrogens (primary N) is 1. The van der Waals surface area contributed by atoms with Crippen LogP contribution in [0.1, 0.15) is 105 Å². The number of allylic oxidation sites excluding steroid dienone is 5. The van der Waals surface area contributed by atoms with Crippen molar-refractivity contribution in [1.29, 1.82) is 0 Å². The van der Waals surface area contributed by atoms with E-state index in [2.05, 4.69) is 39.8 Å². The minimum absolute atomic E-state index is 0.159. The molecule has 0 spiro atoms. The standard InChI is InChI=1S/C33H49NO2/c1-30(2)24(21-8-10-22(11-9-21)29(35)36-5)14-18-32(4)27(30)16-19-31(3)25-15-20-33(34)17-6-7-26(33)23(25)12-13-28(31)32/h8,10,14,23,25-28H,6-7,9,11-13,15-20,34H2,1-5H3/t23?,25?,26-,27?,28?,31?,32?,33?/m1/s1. The molecule has 0 bridgehead atoms. The van der Waals surface area contributed by atoms with Crippen molar-refractivity contribution in [1.82, 2.24) is 0 Å². The molecule has 0 aromatic carbocycles. The zero-order valence-electron chi connectivity index (χ0n) is 23.5. The van der Waals surface area contributed by atoms with Crippen molar-refractivity contribution in [2.75, 3.05) is 7.11 Å². The lowest BCUT2D eigenvalue weighted by molar-refractivity contribution is -0.173. The molecule has 0 amide bonds. The Morgan fingerprint density at radius 2 is 1.69 bits per heavy atom. The predicted molar refractivity (Wildman–Crippen MR) is 146 cm³/mol. The Hall–Kier alpha value is -1.35. The third-order valence-electron chi connectivity index (χ3n) is 13.1. The summed E-state index contributed by atoms with van der Waals surface area (Å²) in [5, 5.41) is 0. The second kappa shape index (κ2) is 8.32. The van der Waals surface area contributed by atoms with E-state index >= 15 is 0 Å². The molecule has 0 saturated heterocycles. The molecule has 0 radical (unpaired) electrons. The molecule has 6 aliphatic carbocycles. The van der Waals surface area contributed by atoms with Gasteiger partial charge >= 0.3 is 5.97 Å². The van der Waals surface area contributed by atoms with Crippen molar-refractivity contribution in [3.05, 3.63) is 34.9 Å². The maximum Gasteiger partial charge on any atom is 0.333 e. The molecule has 198 valence electrons. The van der Waals surface area contributed by atoms with E-state index in [9.17, 15) is 4.79 Å². The van der Waals surface area contributed by atoms with Crippen LogP contribution in [0.25, 0.3) is 0 Å². The Balaban J connectivity index is 1.30. The lowest BCUT2D eigenvalue weighted by atomic mass is 9.37. The van der Waals surface area contributed by atoms with E-state index in [1.54, 1.807) is 5.57 Å². The van der Waals surface area contributed by atoms with Gasteiger partial charge in [-0.1, -0.05) is 52.3 Å². The smallest absolute Gasteiger partial charge is 0.333 e. The first kappa shape index (κ1) is 25.0. The minimum Gasteiger partial charge on any atom is -0.466 e. The Kier molecular flexibility index (Phi) is 5.77. The van der Waals surface area contributed by atoms with Gasteiger partial charge in [0.1, 0.15) is 0 Å². The predicted octanol–water partition coefficient (Wildman–Crippen LogP) is 7.52. The number of methoxy groups -OCH3 is 1. The average molecular weight is 492 g/mol. The first-order valence-corrected chi connectivity index (χ1v) is 15.0. The highest BCUT2D eigenvalue weighted by atomic mass is 16.5. The Bertz CT molecular complexity index is 1030. The molecule has 3 heteroatoms. The molecule has 36 heavy (non-hydrogen) atoms. The number of hydrogen-bond acceptors (Lipinski definition) is 3. The minimum atomic E-state index is -0.177. The van der Waals surface area contributed by atoms with Gasteiger partial charge in [0.05, 0.1) is 7.11 Å². The van der Waals surface area contributed by atoms with Gasteiger partial charge in [-0.25, -0.2) is 4.79 Å². The quantitative estimate of drug-likeness (QED) is 0.406. The van der Waals surface area contributed by atoms with Crippen molar-refractivity contribution in [2.45, 2.75) is 110 Å². The molecule has 0 aliphatic heterocycles. The summed E-state index contributed by atoms with van der Waals surface area (Å²) in [5.74, 6) is 3.90. The van der Waals surface area contributed by atoms with Crippen molar-refractivity contribution in [2.24, 2.45) is 51.6 Å². The monoisotopic (exact) mass is 491 g/mol. The summed E-state index contributed by atoms with van der Waals surface area (Å²) >= 11 is 0. The van der Waals surface area contributed by atoms with Crippen LogP contribution in [0.2, 0.25) is 0 Å². The summed E-state index contributed by atoms with van der Waals surface area (Å²) in [7, 11) is 1.48. The maximum atomic E-state index is 12.0. The number of rotatable bonds is 2. The van der Waals surface area contributed by atoms with Gasteiger partial charge in [0.2, 0.25) is 0 Å². The summed E-state index contributed by atoms with van der Waals surface area (Å²) in [6, 6.07) is 0. The van der Waals surface area contributed by atoms with E-state index < -0.39 is 0 Å². The van der Waals surface area contributed by atoms with Crippen LogP contribution in [0.15, 0.2) is 34.9 Å². The highest BCUT2D eigenvalue weighted by molar-refractivity contribution is 5.89. The molecule has 6 rings (SSSR count). The van der Waals surface area contributed by atoms with Crippen LogP contribution in [0.5, 0.6) is 0 Å². The first-order chi connectivity index (χ1) is 17.0. The molecule has 0 heterocycles.